The highest BCUT2D eigenvalue weighted by Crippen LogP contribution is 2.25. The second kappa shape index (κ2) is 15.0. The lowest BCUT2D eigenvalue weighted by molar-refractivity contribution is -0.140. The third-order valence-electron chi connectivity index (χ3n) is 7.24. The number of hydrogen-bond donors (Lipinski definition) is 1. The molecule has 1 N–H and O–H groups in total. The fourth-order valence-electron chi connectivity index (χ4n) is 4.68. The predicted octanol–water partition coefficient (Wildman–Crippen LogP) is 6.23. The normalized spacial score (nSPS) is 12.6. The van der Waals surface area contributed by atoms with Gasteiger partial charge >= 0.3 is 0 Å². The van der Waals surface area contributed by atoms with E-state index in [1.807, 2.05) is 44.2 Å². The van der Waals surface area contributed by atoms with Crippen LogP contribution in [0.5, 0.6) is 0 Å². The lowest BCUT2D eigenvalue weighted by Gasteiger charge is -2.34. The fourth-order valence-corrected chi connectivity index (χ4v) is 6.31. The molecule has 0 aromatic heterocycles. The fraction of sp³-hybridized carbons (Fsp3) is 0.235. The third kappa shape index (κ3) is 8.45. The minimum Gasteiger partial charge on any atom is -0.352 e. The maximum atomic E-state index is 14.4. The molecule has 2 amide bonds. The van der Waals surface area contributed by atoms with Crippen molar-refractivity contribution in [1.82, 2.24) is 10.2 Å². The van der Waals surface area contributed by atoms with Crippen LogP contribution in [-0.4, -0.2) is 43.8 Å². The molecule has 2 unspecified atom stereocenters. The Morgan fingerprint density at radius 2 is 1.48 bits per heavy atom. The van der Waals surface area contributed by atoms with E-state index in [0.717, 1.165) is 34.1 Å². The van der Waals surface area contributed by atoms with E-state index in [1.54, 1.807) is 54.6 Å². The van der Waals surface area contributed by atoms with Gasteiger partial charge in [-0.25, -0.2) is 12.8 Å². The van der Waals surface area contributed by atoms with E-state index in [0.29, 0.717) is 17.0 Å². The number of para-hydroxylation sites is 1. The van der Waals surface area contributed by atoms with Crippen molar-refractivity contribution in [2.75, 3.05) is 10.8 Å². The maximum absolute atomic E-state index is 14.4. The number of carbonyl (C=O) groups excluding carboxylic acids is 2. The average Bonchev–Trinajstić information content (AvgIpc) is 3.02. The van der Waals surface area contributed by atoms with Crippen molar-refractivity contribution >= 4 is 39.1 Å². The Morgan fingerprint density at radius 3 is 2.09 bits per heavy atom. The van der Waals surface area contributed by atoms with Gasteiger partial charge in [0.2, 0.25) is 11.8 Å². The number of sulfonamides is 1. The molecule has 0 fully saturated rings. The van der Waals surface area contributed by atoms with Gasteiger partial charge in [0.25, 0.3) is 10.0 Å². The van der Waals surface area contributed by atoms with Gasteiger partial charge in [-0.05, 0) is 73.0 Å². The van der Waals surface area contributed by atoms with Crippen molar-refractivity contribution in [3.8, 4) is 0 Å². The van der Waals surface area contributed by atoms with Crippen LogP contribution in [-0.2, 0) is 32.6 Å². The van der Waals surface area contributed by atoms with Crippen molar-refractivity contribution in [2.45, 2.75) is 50.2 Å². The molecule has 0 aliphatic carbocycles. The van der Waals surface area contributed by atoms with Crippen LogP contribution in [0.15, 0.2) is 114 Å². The molecule has 4 rings (SSSR count). The molecule has 0 saturated heterocycles. The Bertz CT molecular complexity index is 1660. The Labute approximate surface area is 263 Å². The standard InChI is InChI=1S/C34H35ClFN3O4S/c1-3-25(2)37-34(41)32(22-26-11-6-4-7-12-26)38(23-27-13-10-14-28(35)21-27)33(40)24-39(30-15-8-5-9-16-30)44(42,43)31-19-17-29(36)18-20-31/h4-21,25,32H,3,22-24H2,1-2H3,(H,37,41). The van der Waals surface area contributed by atoms with Crippen LogP contribution in [0.25, 0.3) is 0 Å². The summed E-state index contributed by atoms with van der Waals surface area (Å²) >= 11 is 6.27. The highest BCUT2D eigenvalue weighted by Gasteiger charge is 2.35. The molecule has 230 valence electrons. The number of hydrogen-bond acceptors (Lipinski definition) is 4. The molecule has 10 heteroatoms. The largest absolute Gasteiger partial charge is 0.352 e. The first-order valence-electron chi connectivity index (χ1n) is 14.3. The monoisotopic (exact) mass is 635 g/mol. The molecule has 0 bridgehead atoms. The molecule has 4 aromatic carbocycles. The molecule has 0 spiro atoms. The molecule has 7 nitrogen and oxygen atoms in total. The molecule has 0 aliphatic rings. The van der Waals surface area contributed by atoms with E-state index < -0.39 is 34.3 Å². The number of halogens is 2. The van der Waals surface area contributed by atoms with Crippen LogP contribution in [0.4, 0.5) is 10.1 Å². The van der Waals surface area contributed by atoms with Gasteiger partial charge in [0.15, 0.2) is 0 Å². The summed E-state index contributed by atoms with van der Waals surface area (Å²) in [5.74, 6) is -1.54. The van der Waals surface area contributed by atoms with Gasteiger partial charge in [-0.1, -0.05) is 79.2 Å². The zero-order chi connectivity index (χ0) is 31.7. The van der Waals surface area contributed by atoms with Gasteiger partial charge in [0.1, 0.15) is 18.4 Å². The highest BCUT2D eigenvalue weighted by molar-refractivity contribution is 7.92. The number of rotatable bonds is 13. The molecule has 0 saturated carbocycles. The van der Waals surface area contributed by atoms with Crippen LogP contribution in [0.3, 0.4) is 0 Å². The molecule has 0 radical (unpaired) electrons. The average molecular weight is 636 g/mol. The minimum atomic E-state index is -4.31. The quantitative estimate of drug-likeness (QED) is 0.189. The van der Waals surface area contributed by atoms with E-state index in [9.17, 15) is 22.4 Å². The number of benzene rings is 4. The molecule has 44 heavy (non-hydrogen) atoms. The zero-order valence-electron chi connectivity index (χ0n) is 24.6. The smallest absolute Gasteiger partial charge is 0.264 e. The summed E-state index contributed by atoms with van der Waals surface area (Å²) in [5, 5.41) is 3.46. The number of anilines is 1. The molecule has 0 aliphatic heterocycles. The van der Waals surface area contributed by atoms with Gasteiger partial charge in [-0.2, -0.15) is 0 Å². The van der Waals surface area contributed by atoms with Gasteiger partial charge in [-0.15, -0.1) is 0 Å². The first-order valence-corrected chi connectivity index (χ1v) is 16.1. The van der Waals surface area contributed by atoms with E-state index >= 15 is 0 Å². The molecule has 4 aromatic rings. The lowest BCUT2D eigenvalue weighted by atomic mass is 10.0. The Kier molecular flexibility index (Phi) is 11.1. The van der Waals surface area contributed by atoms with E-state index in [2.05, 4.69) is 5.32 Å². The summed E-state index contributed by atoms with van der Waals surface area (Å²) in [7, 11) is -4.31. The Balaban J connectivity index is 1.79. The molecular weight excluding hydrogens is 601 g/mol. The predicted molar refractivity (Wildman–Crippen MR) is 171 cm³/mol. The number of amides is 2. The van der Waals surface area contributed by atoms with Crippen molar-refractivity contribution < 1.29 is 22.4 Å². The summed E-state index contributed by atoms with van der Waals surface area (Å²) in [5.41, 5.74) is 1.75. The second-order valence-electron chi connectivity index (χ2n) is 10.5. The number of nitrogens with one attached hydrogen (secondary N) is 1. The molecule has 2 atom stereocenters. The van der Waals surface area contributed by atoms with Crippen LogP contribution < -0.4 is 9.62 Å². The van der Waals surface area contributed by atoms with Crippen molar-refractivity contribution in [1.29, 1.82) is 0 Å². The van der Waals surface area contributed by atoms with E-state index in [-0.39, 0.29) is 35.5 Å². The van der Waals surface area contributed by atoms with Gasteiger partial charge in [0.05, 0.1) is 10.6 Å². The summed E-state index contributed by atoms with van der Waals surface area (Å²) in [6.07, 6.45) is 0.884. The third-order valence-corrected chi connectivity index (χ3v) is 9.26. The van der Waals surface area contributed by atoms with Crippen molar-refractivity contribution in [2.24, 2.45) is 0 Å². The second-order valence-corrected chi connectivity index (χ2v) is 12.8. The minimum absolute atomic E-state index is 0.00401. The van der Waals surface area contributed by atoms with Crippen molar-refractivity contribution in [3.05, 3.63) is 131 Å². The lowest BCUT2D eigenvalue weighted by Crippen LogP contribution is -2.54. The SMILES string of the molecule is CCC(C)NC(=O)C(Cc1ccccc1)N(Cc1cccc(Cl)c1)C(=O)CN(c1ccccc1)S(=O)(=O)c1ccc(F)cc1. The van der Waals surface area contributed by atoms with E-state index in [4.69, 9.17) is 11.6 Å². The number of carbonyl (C=O) groups is 2. The van der Waals surface area contributed by atoms with Gasteiger partial charge in [-0.3, -0.25) is 13.9 Å². The summed E-state index contributed by atoms with van der Waals surface area (Å²) in [4.78, 5) is 29.4. The summed E-state index contributed by atoms with van der Waals surface area (Å²) < 4.78 is 42.5. The van der Waals surface area contributed by atoms with Crippen LogP contribution in [0.2, 0.25) is 5.02 Å². The van der Waals surface area contributed by atoms with Gasteiger partial charge < -0.3 is 10.2 Å². The molecule has 0 heterocycles. The summed E-state index contributed by atoms with van der Waals surface area (Å²) in [6, 6.07) is 27.8. The Hall–Kier alpha value is -4.21. The van der Waals surface area contributed by atoms with Crippen LogP contribution >= 0.6 is 11.6 Å². The molecular formula is C34H35ClFN3O4S. The van der Waals surface area contributed by atoms with Crippen molar-refractivity contribution in [3.63, 3.8) is 0 Å². The first-order chi connectivity index (χ1) is 21.1. The Morgan fingerprint density at radius 1 is 0.864 bits per heavy atom. The van der Waals surface area contributed by atoms with Crippen LogP contribution in [0, 0.1) is 5.82 Å². The number of nitrogens with zero attached hydrogens (tertiary/aromatic N) is 2. The summed E-state index contributed by atoms with van der Waals surface area (Å²) in [6.45, 7) is 3.23. The highest BCUT2D eigenvalue weighted by atomic mass is 35.5. The first kappa shape index (κ1) is 32.7. The zero-order valence-corrected chi connectivity index (χ0v) is 26.1. The topological polar surface area (TPSA) is 86.8 Å². The van der Waals surface area contributed by atoms with Crippen LogP contribution in [0.1, 0.15) is 31.4 Å². The maximum Gasteiger partial charge on any atom is 0.264 e. The van der Waals surface area contributed by atoms with Gasteiger partial charge in [0, 0.05) is 24.0 Å². The van der Waals surface area contributed by atoms with E-state index in [1.165, 1.54) is 4.90 Å².